The van der Waals surface area contributed by atoms with Crippen molar-refractivity contribution in [3.8, 4) is 0 Å². The number of carbonyl (C=O) groups excluding carboxylic acids is 1. The van der Waals surface area contributed by atoms with Crippen LogP contribution in [-0.4, -0.2) is 61.0 Å². The fourth-order valence-electron chi connectivity index (χ4n) is 3.11. The Morgan fingerprint density at radius 3 is 2.82 bits per heavy atom. The zero-order chi connectivity index (χ0) is 12.5. The van der Waals surface area contributed by atoms with E-state index in [1.54, 1.807) is 0 Å². The first-order valence-electron chi connectivity index (χ1n) is 6.74. The molecule has 0 aliphatic carbocycles. The zero-order valence-corrected chi connectivity index (χ0v) is 11.3. The molecule has 0 radical (unpaired) electrons. The van der Waals surface area contributed by atoms with Gasteiger partial charge in [-0.1, -0.05) is 0 Å². The number of hydrogen-bond acceptors (Lipinski definition) is 3. The summed E-state index contributed by atoms with van der Waals surface area (Å²) in [6, 6.07) is 0.414. The molecule has 0 aromatic carbocycles. The van der Waals surface area contributed by atoms with E-state index in [0.717, 1.165) is 45.3 Å². The molecule has 2 saturated heterocycles. The predicted octanol–water partition coefficient (Wildman–Crippen LogP) is 0.681. The van der Waals surface area contributed by atoms with Gasteiger partial charge in [0.15, 0.2) is 0 Å². The van der Waals surface area contributed by atoms with E-state index in [2.05, 4.69) is 36.1 Å². The number of likely N-dealkylation sites (tertiary alicyclic amines) is 1. The van der Waals surface area contributed by atoms with E-state index in [4.69, 9.17) is 0 Å². The van der Waals surface area contributed by atoms with E-state index in [9.17, 15) is 4.79 Å². The second-order valence-corrected chi connectivity index (χ2v) is 5.92. The highest BCUT2D eigenvalue weighted by atomic mass is 16.2. The summed E-state index contributed by atoms with van der Waals surface area (Å²) in [5, 5.41) is 3.38. The van der Waals surface area contributed by atoms with E-state index in [1.807, 2.05) is 0 Å². The van der Waals surface area contributed by atoms with Gasteiger partial charge >= 0.3 is 0 Å². The van der Waals surface area contributed by atoms with E-state index in [-0.39, 0.29) is 5.54 Å². The number of likely N-dealkylation sites (N-methyl/N-ethyl adjacent to an activating group) is 1. The third kappa shape index (κ3) is 2.63. The molecule has 0 aromatic rings. The molecule has 0 spiro atoms. The van der Waals surface area contributed by atoms with Crippen molar-refractivity contribution in [2.45, 2.75) is 44.2 Å². The SMILES string of the molecule is CN(C)CC1CCCN1C(=O)C1(C)CCCN1. The van der Waals surface area contributed by atoms with Crippen LogP contribution in [0.4, 0.5) is 0 Å². The van der Waals surface area contributed by atoms with E-state index in [1.165, 1.54) is 0 Å². The van der Waals surface area contributed by atoms with Crippen LogP contribution in [0.25, 0.3) is 0 Å². The molecule has 1 amide bonds. The highest BCUT2D eigenvalue weighted by Crippen LogP contribution is 2.26. The highest BCUT2D eigenvalue weighted by Gasteiger charge is 2.42. The van der Waals surface area contributed by atoms with Crippen molar-refractivity contribution < 1.29 is 4.79 Å². The predicted molar refractivity (Wildman–Crippen MR) is 68.9 cm³/mol. The van der Waals surface area contributed by atoms with E-state index in [0.29, 0.717) is 11.9 Å². The van der Waals surface area contributed by atoms with Gasteiger partial charge in [-0.25, -0.2) is 0 Å². The van der Waals surface area contributed by atoms with Crippen LogP contribution in [-0.2, 0) is 4.79 Å². The Hall–Kier alpha value is -0.610. The molecular formula is C13H25N3O. The fourth-order valence-corrected chi connectivity index (χ4v) is 3.11. The number of nitrogens with zero attached hydrogens (tertiary/aromatic N) is 2. The second-order valence-electron chi connectivity index (χ2n) is 5.92. The molecule has 0 aromatic heterocycles. The van der Waals surface area contributed by atoms with Crippen molar-refractivity contribution in [2.24, 2.45) is 0 Å². The highest BCUT2D eigenvalue weighted by molar-refractivity contribution is 5.86. The first-order valence-corrected chi connectivity index (χ1v) is 6.74. The van der Waals surface area contributed by atoms with Crippen molar-refractivity contribution >= 4 is 5.91 Å². The molecule has 4 heteroatoms. The molecule has 4 nitrogen and oxygen atoms in total. The summed E-state index contributed by atoms with van der Waals surface area (Å²) < 4.78 is 0. The largest absolute Gasteiger partial charge is 0.337 e. The fraction of sp³-hybridized carbons (Fsp3) is 0.923. The standard InChI is InChI=1S/C13H25N3O/c1-13(7-5-8-14-13)12(17)16-9-4-6-11(16)10-15(2)3/h11,14H,4-10H2,1-3H3. The van der Waals surface area contributed by atoms with Gasteiger partial charge in [0, 0.05) is 19.1 Å². The van der Waals surface area contributed by atoms with Gasteiger partial charge in [-0.2, -0.15) is 0 Å². The molecule has 2 atom stereocenters. The van der Waals surface area contributed by atoms with Crippen LogP contribution in [0.2, 0.25) is 0 Å². The molecule has 2 aliphatic rings. The molecule has 2 heterocycles. The minimum atomic E-state index is -0.297. The van der Waals surface area contributed by atoms with Crippen molar-refractivity contribution in [1.82, 2.24) is 15.1 Å². The average molecular weight is 239 g/mol. The Bertz CT molecular complexity index is 284. The first-order chi connectivity index (χ1) is 8.03. The smallest absolute Gasteiger partial charge is 0.242 e. The summed E-state index contributed by atoms with van der Waals surface area (Å²) in [6.45, 7) is 4.97. The van der Waals surface area contributed by atoms with Crippen molar-refractivity contribution in [2.75, 3.05) is 33.7 Å². The summed E-state index contributed by atoms with van der Waals surface area (Å²) in [5.74, 6) is 0.319. The van der Waals surface area contributed by atoms with Crippen LogP contribution in [0.1, 0.15) is 32.6 Å². The summed E-state index contributed by atoms with van der Waals surface area (Å²) in [6.07, 6.45) is 4.41. The average Bonchev–Trinajstić information content (AvgIpc) is 2.86. The van der Waals surface area contributed by atoms with Crippen LogP contribution in [0.15, 0.2) is 0 Å². The normalized spacial score (nSPS) is 33.6. The lowest BCUT2D eigenvalue weighted by Gasteiger charge is -2.34. The Kier molecular flexibility index (Phi) is 3.73. The number of amides is 1. The van der Waals surface area contributed by atoms with Gasteiger partial charge in [0.2, 0.25) is 5.91 Å². The maximum absolute atomic E-state index is 12.6. The zero-order valence-electron chi connectivity index (χ0n) is 11.3. The molecule has 17 heavy (non-hydrogen) atoms. The summed E-state index contributed by atoms with van der Waals surface area (Å²) >= 11 is 0. The molecule has 0 saturated carbocycles. The van der Waals surface area contributed by atoms with Gasteiger partial charge in [0.25, 0.3) is 0 Å². The number of carbonyl (C=O) groups is 1. The van der Waals surface area contributed by atoms with E-state index < -0.39 is 0 Å². The van der Waals surface area contributed by atoms with Crippen LogP contribution >= 0.6 is 0 Å². The van der Waals surface area contributed by atoms with Crippen LogP contribution in [0, 0.1) is 0 Å². The number of nitrogens with one attached hydrogen (secondary N) is 1. The van der Waals surface area contributed by atoms with Crippen molar-refractivity contribution in [1.29, 1.82) is 0 Å². The molecule has 1 N–H and O–H groups in total. The molecule has 2 rings (SSSR count). The minimum absolute atomic E-state index is 0.297. The van der Waals surface area contributed by atoms with Gasteiger partial charge in [-0.15, -0.1) is 0 Å². The Balaban J connectivity index is 2.02. The van der Waals surface area contributed by atoms with Crippen LogP contribution < -0.4 is 5.32 Å². The van der Waals surface area contributed by atoms with Gasteiger partial charge in [-0.3, -0.25) is 4.79 Å². The van der Waals surface area contributed by atoms with Crippen molar-refractivity contribution in [3.63, 3.8) is 0 Å². The van der Waals surface area contributed by atoms with Gasteiger partial charge in [-0.05, 0) is 53.2 Å². The summed E-state index contributed by atoms with van der Waals surface area (Å²) in [5.41, 5.74) is -0.297. The van der Waals surface area contributed by atoms with Crippen molar-refractivity contribution in [3.05, 3.63) is 0 Å². The van der Waals surface area contributed by atoms with Gasteiger partial charge in [0.1, 0.15) is 0 Å². The van der Waals surface area contributed by atoms with E-state index >= 15 is 0 Å². The van der Waals surface area contributed by atoms with Crippen LogP contribution in [0.3, 0.4) is 0 Å². The maximum atomic E-state index is 12.6. The molecule has 0 bridgehead atoms. The Morgan fingerprint density at radius 1 is 1.47 bits per heavy atom. The molecule has 98 valence electrons. The number of rotatable bonds is 3. The monoisotopic (exact) mass is 239 g/mol. The Morgan fingerprint density at radius 2 is 2.24 bits per heavy atom. The first kappa shape index (κ1) is 12.8. The maximum Gasteiger partial charge on any atom is 0.242 e. The Labute approximate surface area is 104 Å². The minimum Gasteiger partial charge on any atom is -0.337 e. The summed E-state index contributed by atoms with van der Waals surface area (Å²) in [4.78, 5) is 16.9. The third-order valence-corrected chi connectivity index (χ3v) is 4.05. The second kappa shape index (κ2) is 4.94. The lowest BCUT2D eigenvalue weighted by Crippen LogP contribution is -2.55. The van der Waals surface area contributed by atoms with Gasteiger partial charge < -0.3 is 15.1 Å². The summed E-state index contributed by atoms with van der Waals surface area (Å²) in [7, 11) is 4.16. The molecular weight excluding hydrogens is 214 g/mol. The van der Waals surface area contributed by atoms with Crippen LogP contribution in [0.5, 0.6) is 0 Å². The molecule has 2 fully saturated rings. The number of hydrogen-bond donors (Lipinski definition) is 1. The topological polar surface area (TPSA) is 35.6 Å². The quantitative estimate of drug-likeness (QED) is 0.787. The molecule has 2 unspecified atom stereocenters. The lowest BCUT2D eigenvalue weighted by molar-refractivity contribution is -0.138. The third-order valence-electron chi connectivity index (χ3n) is 4.05. The van der Waals surface area contributed by atoms with Gasteiger partial charge in [0.05, 0.1) is 5.54 Å². The molecule has 2 aliphatic heterocycles. The lowest BCUT2D eigenvalue weighted by atomic mass is 9.98.